The molecule has 0 radical (unpaired) electrons. The van der Waals surface area contributed by atoms with E-state index in [0.29, 0.717) is 30.6 Å². The Morgan fingerprint density at radius 1 is 1.45 bits per heavy atom. The van der Waals surface area contributed by atoms with Crippen molar-refractivity contribution in [1.29, 1.82) is 0 Å². The van der Waals surface area contributed by atoms with Gasteiger partial charge in [-0.1, -0.05) is 12.1 Å². The Bertz CT molecular complexity index is 591. The smallest absolute Gasteiger partial charge is 0.317 e. The summed E-state index contributed by atoms with van der Waals surface area (Å²) in [5.74, 6) is -0.588. The third-order valence-electron chi connectivity index (χ3n) is 4.12. The number of hydrogen-bond donors (Lipinski definition) is 1. The van der Waals surface area contributed by atoms with E-state index in [4.69, 9.17) is 4.74 Å². The lowest BCUT2D eigenvalue weighted by Crippen LogP contribution is -2.40. The number of nitrogens with one attached hydrogen (secondary N) is 1. The zero-order chi connectivity index (χ0) is 16.3. The minimum Gasteiger partial charge on any atom is -0.469 e. The van der Waals surface area contributed by atoms with Crippen LogP contribution in [0.2, 0.25) is 0 Å². The molecule has 1 aliphatic heterocycles. The fourth-order valence-electron chi connectivity index (χ4n) is 2.58. The van der Waals surface area contributed by atoms with Crippen molar-refractivity contribution in [2.45, 2.75) is 26.8 Å². The predicted octanol–water partition coefficient (Wildman–Crippen LogP) is 2.23. The van der Waals surface area contributed by atoms with E-state index in [0.717, 1.165) is 0 Å². The molecule has 1 atom stereocenters. The van der Waals surface area contributed by atoms with Gasteiger partial charge in [-0.3, -0.25) is 4.79 Å². The molecule has 2 amide bonds. The van der Waals surface area contributed by atoms with E-state index in [9.17, 15) is 14.0 Å². The number of methoxy groups -OCH3 is 1. The van der Waals surface area contributed by atoms with Crippen LogP contribution in [0.1, 0.15) is 24.5 Å². The average Bonchev–Trinajstić information content (AvgIpc) is 2.91. The van der Waals surface area contributed by atoms with Gasteiger partial charge in [0.1, 0.15) is 5.82 Å². The summed E-state index contributed by atoms with van der Waals surface area (Å²) in [7, 11) is 1.35. The summed E-state index contributed by atoms with van der Waals surface area (Å²) in [5, 5.41) is 2.75. The van der Waals surface area contributed by atoms with Crippen LogP contribution in [0, 0.1) is 18.2 Å². The number of ether oxygens (including phenoxy) is 1. The lowest BCUT2D eigenvalue weighted by molar-refractivity contribution is -0.150. The van der Waals surface area contributed by atoms with Crippen LogP contribution in [-0.2, 0) is 16.1 Å². The summed E-state index contributed by atoms with van der Waals surface area (Å²) < 4.78 is 18.2. The zero-order valence-corrected chi connectivity index (χ0v) is 13.1. The van der Waals surface area contributed by atoms with Gasteiger partial charge >= 0.3 is 12.0 Å². The third-order valence-corrected chi connectivity index (χ3v) is 4.12. The zero-order valence-electron chi connectivity index (χ0n) is 13.1. The number of halogens is 1. The summed E-state index contributed by atoms with van der Waals surface area (Å²) in [6, 6.07) is 4.62. The fraction of sp³-hybridized carbons (Fsp3) is 0.500. The average molecular weight is 308 g/mol. The van der Waals surface area contributed by atoms with Crippen molar-refractivity contribution in [3.8, 4) is 0 Å². The van der Waals surface area contributed by atoms with Gasteiger partial charge < -0.3 is 15.0 Å². The van der Waals surface area contributed by atoms with Crippen molar-refractivity contribution in [1.82, 2.24) is 10.2 Å². The van der Waals surface area contributed by atoms with Crippen molar-refractivity contribution in [3.63, 3.8) is 0 Å². The second kappa shape index (κ2) is 6.34. The first-order valence-electron chi connectivity index (χ1n) is 7.22. The highest BCUT2D eigenvalue weighted by Gasteiger charge is 2.42. The maximum atomic E-state index is 13.5. The van der Waals surface area contributed by atoms with Crippen LogP contribution in [0.15, 0.2) is 18.2 Å². The van der Waals surface area contributed by atoms with Gasteiger partial charge in [0.05, 0.1) is 12.5 Å². The van der Waals surface area contributed by atoms with Gasteiger partial charge in [-0.25, -0.2) is 9.18 Å². The molecule has 22 heavy (non-hydrogen) atoms. The number of likely N-dealkylation sites (tertiary alicyclic amines) is 1. The molecule has 1 aliphatic rings. The quantitative estimate of drug-likeness (QED) is 0.871. The van der Waals surface area contributed by atoms with Crippen molar-refractivity contribution in [2.24, 2.45) is 5.41 Å². The van der Waals surface area contributed by atoms with E-state index in [-0.39, 0.29) is 24.4 Å². The largest absolute Gasteiger partial charge is 0.469 e. The van der Waals surface area contributed by atoms with Gasteiger partial charge in [-0.2, -0.15) is 0 Å². The molecule has 1 aromatic rings. The molecule has 1 fully saturated rings. The first-order valence-corrected chi connectivity index (χ1v) is 7.22. The number of hydrogen-bond acceptors (Lipinski definition) is 3. The first-order chi connectivity index (χ1) is 10.4. The predicted molar refractivity (Wildman–Crippen MR) is 79.7 cm³/mol. The molecule has 0 bridgehead atoms. The topological polar surface area (TPSA) is 58.6 Å². The highest BCUT2D eigenvalue weighted by molar-refractivity contribution is 5.80. The van der Waals surface area contributed by atoms with E-state index in [1.54, 1.807) is 30.9 Å². The van der Waals surface area contributed by atoms with Crippen LogP contribution >= 0.6 is 0 Å². The molecule has 0 aromatic heterocycles. The SMILES string of the molecule is COC(=O)C1(C)CCN(C(=O)NCc2ccc(C)c(F)c2)C1. The standard InChI is InChI=1S/C16H21FN2O3/c1-11-4-5-12(8-13(11)17)9-18-15(21)19-7-6-16(2,10-19)14(20)22-3/h4-5,8H,6-7,9-10H2,1-3H3,(H,18,21). The van der Waals surface area contributed by atoms with Crippen LogP contribution in [0.5, 0.6) is 0 Å². The first kappa shape index (κ1) is 16.3. The number of rotatable bonds is 3. The Morgan fingerprint density at radius 2 is 2.18 bits per heavy atom. The maximum Gasteiger partial charge on any atom is 0.317 e. The van der Waals surface area contributed by atoms with Gasteiger partial charge in [0, 0.05) is 19.6 Å². The van der Waals surface area contributed by atoms with E-state index in [1.807, 2.05) is 0 Å². The van der Waals surface area contributed by atoms with Gasteiger partial charge in [-0.15, -0.1) is 0 Å². The summed E-state index contributed by atoms with van der Waals surface area (Å²) in [4.78, 5) is 25.5. The highest BCUT2D eigenvalue weighted by Crippen LogP contribution is 2.31. The van der Waals surface area contributed by atoms with Crippen LogP contribution < -0.4 is 5.32 Å². The molecule has 6 heteroatoms. The molecule has 1 heterocycles. The molecule has 0 saturated carbocycles. The number of nitrogens with zero attached hydrogens (tertiary/aromatic N) is 1. The van der Waals surface area contributed by atoms with Crippen molar-refractivity contribution in [3.05, 3.63) is 35.1 Å². The molecule has 0 aliphatic carbocycles. The second-order valence-corrected chi connectivity index (χ2v) is 5.97. The number of amides is 2. The number of carbonyl (C=O) groups is 2. The molecule has 1 saturated heterocycles. The number of urea groups is 1. The van der Waals surface area contributed by atoms with E-state index in [2.05, 4.69) is 5.32 Å². The monoisotopic (exact) mass is 308 g/mol. The van der Waals surface area contributed by atoms with Crippen molar-refractivity contribution < 1.29 is 18.7 Å². The van der Waals surface area contributed by atoms with Crippen LogP contribution in [0.4, 0.5) is 9.18 Å². The molecule has 1 aromatic carbocycles. The molecule has 2 rings (SSSR count). The lowest BCUT2D eigenvalue weighted by Gasteiger charge is -2.22. The lowest BCUT2D eigenvalue weighted by atomic mass is 9.90. The van der Waals surface area contributed by atoms with Crippen LogP contribution in [-0.4, -0.2) is 37.1 Å². The summed E-state index contributed by atoms with van der Waals surface area (Å²) in [5.41, 5.74) is 0.622. The Kier molecular flexibility index (Phi) is 4.68. The van der Waals surface area contributed by atoms with E-state index >= 15 is 0 Å². The van der Waals surface area contributed by atoms with E-state index < -0.39 is 5.41 Å². The highest BCUT2D eigenvalue weighted by atomic mass is 19.1. The number of benzene rings is 1. The second-order valence-electron chi connectivity index (χ2n) is 5.97. The van der Waals surface area contributed by atoms with Crippen LogP contribution in [0.3, 0.4) is 0 Å². The molecule has 1 N–H and O–H groups in total. The summed E-state index contributed by atoms with van der Waals surface area (Å²) in [6.07, 6.45) is 0.576. The minimum atomic E-state index is -0.651. The number of carbonyl (C=O) groups excluding carboxylic acids is 2. The summed E-state index contributed by atoms with van der Waals surface area (Å²) >= 11 is 0. The number of aryl methyl sites for hydroxylation is 1. The van der Waals surface area contributed by atoms with Gasteiger partial charge in [0.2, 0.25) is 0 Å². The van der Waals surface area contributed by atoms with Gasteiger partial charge in [0.25, 0.3) is 0 Å². The third kappa shape index (κ3) is 3.37. The number of esters is 1. The Morgan fingerprint density at radius 3 is 2.82 bits per heavy atom. The van der Waals surface area contributed by atoms with Gasteiger partial charge in [-0.05, 0) is 37.5 Å². The minimum absolute atomic E-state index is 0.251. The molecule has 0 spiro atoms. The molecule has 5 nitrogen and oxygen atoms in total. The van der Waals surface area contributed by atoms with Gasteiger partial charge in [0.15, 0.2) is 0 Å². The Hall–Kier alpha value is -2.11. The van der Waals surface area contributed by atoms with Crippen LogP contribution in [0.25, 0.3) is 0 Å². The van der Waals surface area contributed by atoms with Crippen molar-refractivity contribution in [2.75, 3.05) is 20.2 Å². The molecular formula is C16H21FN2O3. The normalized spacial score (nSPS) is 20.8. The molecule has 120 valence electrons. The van der Waals surface area contributed by atoms with Crippen molar-refractivity contribution >= 4 is 12.0 Å². The molecular weight excluding hydrogens is 287 g/mol. The maximum absolute atomic E-state index is 13.5. The Balaban J connectivity index is 1.91. The summed E-state index contributed by atoms with van der Waals surface area (Å²) in [6.45, 7) is 4.56. The Labute approximate surface area is 129 Å². The molecule has 1 unspecified atom stereocenters. The fourth-order valence-corrected chi connectivity index (χ4v) is 2.58. The van der Waals surface area contributed by atoms with E-state index in [1.165, 1.54) is 13.2 Å².